The van der Waals surface area contributed by atoms with Crippen molar-refractivity contribution in [3.8, 4) is 5.69 Å². The number of aromatic nitrogens is 2. The number of nitrogen functional groups attached to an aromatic ring is 1. The summed E-state index contributed by atoms with van der Waals surface area (Å²) in [5.41, 5.74) is 6.96. The molecule has 0 saturated heterocycles. The lowest BCUT2D eigenvalue weighted by molar-refractivity contribution is 0.526. The Hall–Kier alpha value is -2.06. The number of nitrogens with one attached hydrogen (secondary N) is 1. The molecule has 0 aliphatic rings. The van der Waals surface area contributed by atoms with Crippen LogP contribution in [0, 0.1) is 0 Å². The van der Waals surface area contributed by atoms with E-state index in [4.69, 9.17) is 5.73 Å². The fourth-order valence-corrected chi connectivity index (χ4v) is 2.03. The van der Waals surface area contributed by atoms with Gasteiger partial charge in [-0.2, -0.15) is 17.8 Å². The Morgan fingerprint density at radius 3 is 2.42 bits per heavy atom. The van der Waals surface area contributed by atoms with Crippen LogP contribution in [0.25, 0.3) is 5.69 Å². The Morgan fingerprint density at radius 1 is 1.21 bits per heavy atom. The third-order valence-electron chi connectivity index (χ3n) is 2.49. The average molecular weight is 281 g/mol. The number of nitrogens with zero attached hydrogens (tertiary/aromatic N) is 3. The van der Waals surface area contributed by atoms with E-state index in [1.54, 1.807) is 30.3 Å². The Morgan fingerprint density at radius 2 is 1.84 bits per heavy atom. The van der Waals surface area contributed by atoms with Gasteiger partial charge < -0.3 is 5.73 Å². The summed E-state index contributed by atoms with van der Waals surface area (Å²) in [6, 6.07) is 8.55. The third-order valence-corrected chi connectivity index (χ3v) is 3.92. The number of benzene rings is 1. The molecule has 19 heavy (non-hydrogen) atoms. The molecule has 0 unspecified atom stereocenters. The second-order valence-corrected chi connectivity index (χ2v) is 5.99. The van der Waals surface area contributed by atoms with Crippen LogP contribution in [0.3, 0.4) is 0 Å². The molecule has 0 fully saturated rings. The lowest BCUT2D eigenvalue weighted by Crippen LogP contribution is -2.29. The highest BCUT2D eigenvalue weighted by Gasteiger charge is 2.16. The molecule has 0 spiro atoms. The first-order valence-corrected chi connectivity index (χ1v) is 6.94. The van der Waals surface area contributed by atoms with Crippen LogP contribution in [-0.2, 0) is 10.2 Å². The zero-order valence-corrected chi connectivity index (χ0v) is 11.4. The second kappa shape index (κ2) is 4.90. The highest BCUT2D eigenvalue weighted by atomic mass is 32.2. The molecule has 0 atom stereocenters. The Balaban J connectivity index is 2.36. The van der Waals surface area contributed by atoms with Gasteiger partial charge in [0.25, 0.3) is 0 Å². The predicted molar refractivity (Wildman–Crippen MR) is 74.2 cm³/mol. The molecule has 1 heterocycles. The van der Waals surface area contributed by atoms with Crippen molar-refractivity contribution in [3.63, 3.8) is 0 Å². The maximum Gasteiger partial charge on any atom is 0.302 e. The van der Waals surface area contributed by atoms with Crippen molar-refractivity contribution < 1.29 is 8.42 Å². The van der Waals surface area contributed by atoms with Gasteiger partial charge in [0.1, 0.15) is 5.82 Å². The van der Waals surface area contributed by atoms with E-state index < -0.39 is 10.2 Å². The van der Waals surface area contributed by atoms with Crippen LogP contribution in [0.4, 0.5) is 11.5 Å². The normalized spacial score (nSPS) is 11.7. The van der Waals surface area contributed by atoms with Gasteiger partial charge in [0.05, 0.1) is 11.9 Å². The SMILES string of the molecule is CN(C)S(=O)(=O)Nc1ccnn1-c1ccc(N)cc1. The number of hydrogen-bond acceptors (Lipinski definition) is 4. The van der Waals surface area contributed by atoms with Crippen molar-refractivity contribution in [2.45, 2.75) is 0 Å². The molecular weight excluding hydrogens is 266 g/mol. The molecule has 8 heteroatoms. The van der Waals surface area contributed by atoms with Gasteiger partial charge in [-0.3, -0.25) is 4.72 Å². The zero-order chi connectivity index (χ0) is 14.0. The van der Waals surface area contributed by atoms with E-state index in [1.165, 1.54) is 25.0 Å². The summed E-state index contributed by atoms with van der Waals surface area (Å²) in [6.45, 7) is 0. The van der Waals surface area contributed by atoms with E-state index in [9.17, 15) is 8.42 Å². The summed E-state index contributed by atoms with van der Waals surface area (Å²) < 4.78 is 28.6. The molecule has 0 aliphatic carbocycles. The van der Waals surface area contributed by atoms with E-state index in [2.05, 4.69) is 9.82 Å². The van der Waals surface area contributed by atoms with Crippen molar-refractivity contribution in [1.82, 2.24) is 14.1 Å². The molecule has 102 valence electrons. The Kier molecular flexibility index (Phi) is 3.45. The average Bonchev–Trinajstić information content (AvgIpc) is 2.77. The zero-order valence-electron chi connectivity index (χ0n) is 10.6. The standard InChI is InChI=1S/C11H15N5O2S/c1-15(2)19(17,18)14-11-7-8-13-16(11)10-5-3-9(12)4-6-10/h3-8,14H,12H2,1-2H3. The van der Waals surface area contributed by atoms with E-state index in [1.807, 2.05) is 0 Å². The van der Waals surface area contributed by atoms with Gasteiger partial charge >= 0.3 is 10.2 Å². The monoisotopic (exact) mass is 281 g/mol. The van der Waals surface area contributed by atoms with Crippen LogP contribution in [-0.4, -0.2) is 36.6 Å². The number of rotatable bonds is 4. The first kappa shape index (κ1) is 13.4. The quantitative estimate of drug-likeness (QED) is 0.806. The van der Waals surface area contributed by atoms with Gasteiger partial charge in [-0.1, -0.05) is 0 Å². The largest absolute Gasteiger partial charge is 0.399 e. The van der Waals surface area contributed by atoms with Crippen LogP contribution in [0.2, 0.25) is 0 Å². The van der Waals surface area contributed by atoms with Gasteiger partial charge in [0.2, 0.25) is 0 Å². The molecule has 0 bridgehead atoms. The number of anilines is 2. The molecule has 2 rings (SSSR count). The van der Waals surface area contributed by atoms with Gasteiger partial charge in [-0.15, -0.1) is 0 Å². The summed E-state index contributed by atoms with van der Waals surface area (Å²) in [5.74, 6) is 0.360. The molecule has 7 nitrogen and oxygen atoms in total. The molecular formula is C11H15N5O2S. The van der Waals surface area contributed by atoms with E-state index >= 15 is 0 Å². The summed E-state index contributed by atoms with van der Waals surface area (Å²) in [6.07, 6.45) is 1.52. The minimum Gasteiger partial charge on any atom is -0.399 e. The summed E-state index contributed by atoms with van der Waals surface area (Å²) >= 11 is 0. The molecule has 0 amide bonds. The minimum atomic E-state index is -3.56. The van der Waals surface area contributed by atoms with Crippen molar-refractivity contribution in [3.05, 3.63) is 36.5 Å². The first-order valence-electron chi connectivity index (χ1n) is 5.50. The van der Waals surface area contributed by atoms with Crippen LogP contribution in [0.1, 0.15) is 0 Å². The molecule has 0 radical (unpaired) electrons. The Bertz CT molecular complexity index is 661. The first-order chi connectivity index (χ1) is 8.90. The predicted octanol–water partition coefficient (Wildman–Crippen LogP) is 0.673. The molecule has 2 aromatic rings. The molecule has 1 aromatic carbocycles. The highest BCUT2D eigenvalue weighted by Crippen LogP contribution is 2.17. The number of nitrogens with two attached hydrogens (primary N) is 1. The molecule has 0 aliphatic heterocycles. The van der Waals surface area contributed by atoms with Crippen molar-refractivity contribution in [2.75, 3.05) is 24.6 Å². The lowest BCUT2D eigenvalue weighted by Gasteiger charge is -2.14. The van der Waals surface area contributed by atoms with E-state index in [0.29, 0.717) is 11.5 Å². The summed E-state index contributed by atoms with van der Waals surface area (Å²) in [5, 5.41) is 4.09. The van der Waals surface area contributed by atoms with Gasteiger partial charge in [0, 0.05) is 25.8 Å². The van der Waals surface area contributed by atoms with Crippen LogP contribution >= 0.6 is 0 Å². The van der Waals surface area contributed by atoms with Gasteiger partial charge in [-0.05, 0) is 24.3 Å². The van der Waals surface area contributed by atoms with Crippen molar-refractivity contribution in [1.29, 1.82) is 0 Å². The van der Waals surface area contributed by atoms with E-state index in [0.717, 1.165) is 9.99 Å². The minimum absolute atomic E-state index is 0.360. The third kappa shape index (κ3) is 2.85. The topological polar surface area (TPSA) is 93.2 Å². The van der Waals surface area contributed by atoms with Crippen LogP contribution in [0.15, 0.2) is 36.5 Å². The van der Waals surface area contributed by atoms with Crippen molar-refractivity contribution >= 4 is 21.7 Å². The van der Waals surface area contributed by atoms with Crippen molar-refractivity contribution in [2.24, 2.45) is 0 Å². The van der Waals surface area contributed by atoms with Gasteiger partial charge in [-0.25, -0.2) is 4.68 Å². The fraction of sp³-hybridized carbons (Fsp3) is 0.182. The highest BCUT2D eigenvalue weighted by molar-refractivity contribution is 7.90. The fourth-order valence-electron chi connectivity index (χ4n) is 1.43. The number of hydrogen-bond donors (Lipinski definition) is 2. The molecule has 0 saturated carbocycles. The lowest BCUT2D eigenvalue weighted by atomic mass is 10.3. The molecule has 3 N–H and O–H groups in total. The summed E-state index contributed by atoms with van der Waals surface area (Å²) in [7, 11) is -0.661. The summed E-state index contributed by atoms with van der Waals surface area (Å²) in [4.78, 5) is 0. The van der Waals surface area contributed by atoms with E-state index in [-0.39, 0.29) is 0 Å². The van der Waals surface area contributed by atoms with Gasteiger partial charge in [0.15, 0.2) is 0 Å². The molecule has 1 aromatic heterocycles. The Labute approximate surface area is 111 Å². The van der Waals surface area contributed by atoms with Crippen LogP contribution in [0.5, 0.6) is 0 Å². The second-order valence-electron chi connectivity index (χ2n) is 4.11. The van der Waals surface area contributed by atoms with Crippen LogP contribution < -0.4 is 10.5 Å². The smallest absolute Gasteiger partial charge is 0.302 e. The maximum atomic E-state index is 11.8. The maximum absolute atomic E-state index is 11.8.